The smallest absolute Gasteiger partial charge is 0.296 e. The van der Waals surface area contributed by atoms with E-state index in [1.54, 1.807) is 14.0 Å². The molecular formula is C23H28N6O6S3. The predicted molar refractivity (Wildman–Crippen MR) is 147 cm³/mol. The molecule has 0 aliphatic heterocycles. The number of azo groups is 1. The van der Waals surface area contributed by atoms with E-state index in [1.807, 2.05) is 0 Å². The van der Waals surface area contributed by atoms with Crippen LogP contribution in [0.25, 0.3) is 0 Å². The van der Waals surface area contributed by atoms with E-state index in [9.17, 15) is 26.7 Å². The lowest BCUT2D eigenvalue weighted by Gasteiger charge is -2.15. The van der Waals surface area contributed by atoms with Crippen LogP contribution in [-0.2, 0) is 36.5 Å². The van der Waals surface area contributed by atoms with E-state index in [-0.39, 0.29) is 45.8 Å². The molecule has 0 spiro atoms. The molecule has 0 aliphatic rings. The Hall–Kier alpha value is -3.29. The third-order valence-corrected chi connectivity index (χ3v) is 7.86. The van der Waals surface area contributed by atoms with Crippen molar-refractivity contribution in [1.29, 1.82) is 5.26 Å². The van der Waals surface area contributed by atoms with Gasteiger partial charge in [0.05, 0.1) is 16.4 Å². The van der Waals surface area contributed by atoms with E-state index in [1.165, 1.54) is 17.5 Å². The van der Waals surface area contributed by atoms with Crippen LogP contribution in [0.2, 0.25) is 0 Å². The Morgan fingerprint density at radius 3 is 2.50 bits per heavy atom. The zero-order chi connectivity index (χ0) is 28.3. The van der Waals surface area contributed by atoms with Crippen LogP contribution in [0.15, 0.2) is 62.2 Å². The molecule has 12 nitrogen and oxygen atoms in total. The van der Waals surface area contributed by atoms with Crippen LogP contribution < -0.4 is 10.6 Å². The van der Waals surface area contributed by atoms with Gasteiger partial charge in [-0.2, -0.15) is 13.7 Å². The SMILES string of the molecule is C=CS(=O)CCNc1nc(NCCCOC)c(N=Nc2ccc(S(=O)C=C)cc2S(=O)(=O)O)c(C)c1C#N. The van der Waals surface area contributed by atoms with Gasteiger partial charge in [0, 0.05) is 59.2 Å². The second-order valence-corrected chi connectivity index (χ2v) is 11.8. The maximum Gasteiger partial charge on any atom is 0.296 e. The monoisotopic (exact) mass is 580 g/mol. The molecule has 1 aromatic heterocycles. The van der Waals surface area contributed by atoms with Gasteiger partial charge in [-0.05, 0) is 37.0 Å². The van der Waals surface area contributed by atoms with Gasteiger partial charge in [-0.1, -0.05) is 13.2 Å². The number of nitrogens with one attached hydrogen (secondary N) is 2. The van der Waals surface area contributed by atoms with Gasteiger partial charge in [-0.15, -0.1) is 10.2 Å². The zero-order valence-corrected chi connectivity index (χ0v) is 23.3. The van der Waals surface area contributed by atoms with Crippen LogP contribution in [0.1, 0.15) is 17.5 Å². The number of benzene rings is 1. The molecule has 2 atom stereocenters. The molecule has 38 heavy (non-hydrogen) atoms. The third-order valence-electron chi connectivity index (χ3n) is 4.98. The van der Waals surface area contributed by atoms with Crippen molar-refractivity contribution in [2.24, 2.45) is 10.2 Å². The number of ether oxygens (including phenoxy) is 1. The lowest BCUT2D eigenvalue weighted by atomic mass is 10.1. The fourth-order valence-electron chi connectivity index (χ4n) is 3.09. The fourth-order valence-corrected chi connectivity index (χ4v) is 4.91. The summed E-state index contributed by atoms with van der Waals surface area (Å²) in [4.78, 5) is 3.98. The molecule has 204 valence electrons. The van der Waals surface area contributed by atoms with E-state index in [4.69, 9.17) is 4.74 Å². The normalized spacial score (nSPS) is 13.0. The average Bonchev–Trinajstić information content (AvgIpc) is 2.89. The van der Waals surface area contributed by atoms with Crippen LogP contribution in [0, 0.1) is 18.3 Å². The Kier molecular flexibility index (Phi) is 11.9. The van der Waals surface area contributed by atoms with Crippen LogP contribution in [0.3, 0.4) is 0 Å². The molecule has 0 fully saturated rings. The van der Waals surface area contributed by atoms with Crippen molar-refractivity contribution in [1.82, 2.24) is 4.98 Å². The highest BCUT2D eigenvalue weighted by Crippen LogP contribution is 2.36. The van der Waals surface area contributed by atoms with Gasteiger partial charge in [0.15, 0.2) is 5.82 Å². The maximum atomic E-state index is 12.0. The summed E-state index contributed by atoms with van der Waals surface area (Å²) in [5.41, 5.74) is 0.511. The summed E-state index contributed by atoms with van der Waals surface area (Å²) in [5.74, 6) is 0.763. The Morgan fingerprint density at radius 1 is 1.18 bits per heavy atom. The Bertz CT molecular complexity index is 1420. The maximum absolute atomic E-state index is 12.0. The van der Waals surface area contributed by atoms with Gasteiger partial charge in [-0.3, -0.25) is 8.76 Å². The first-order valence-electron chi connectivity index (χ1n) is 11.0. The minimum absolute atomic E-state index is 0.101. The minimum Gasteiger partial charge on any atom is -0.385 e. The Labute approximate surface area is 226 Å². The van der Waals surface area contributed by atoms with Crippen molar-refractivity contribution in [2.75, 3.05) is 43.2 Å². The number of nitriles is 1. The summed E-state index contributed by atoms with van der Waals surface area (Å²) in [5, 5.41) is 26.5. The Morgan fingerprint density at radius 2 is 1.89 bits per heavy atom. The topological polar surface area (TPSA) is 183 Å². The van der Waals surface area contributed by atoms with E-state index >= 15 is 0 Å². The first-order chi connectivity index (χ1) is 18.1. The highest BCUT2D eigenvalue weighted by Gasteiger charge is 2.20. The van der Waals surface area contributed by atoms with E-state index in [2.05, 4.69) is 45.1 Å². The highest BCUT2D eigenvalue weighted by atomic mass is 32.2. The molecule has 0 saturated carbocycles. The largest absolute Gasteiger partial charge is 0.385 e. The van der Waals surface area contributed by atoms with Crippen LogP contribution in [0.5, 0.6) is 0 Å². The van der Waals surface area contributed by atoms with Gasteiger partial charge in [0.25, 0.3) is 10.1 Å². The number of aromatic nitrogens is 1. The standard InChI is InChI=1S/C23H28N6O6S3/c1-5-36(30)13-11-26-22-18(15-24)16(3)21(23(27-22)25-10-7-12-35-4)29-28-19-9-8-17(37(31)6-2)14-20(19)38(32,33)34/h5-6,8-9,14H,1-2,7,10-13H2,3-4H3,(H2,25,26,27)(H,32,33,34). The van der Waals surface area contributed by atoms with Gasteiger partial charge in [-0.25, -0.2) is 9.19 Å². The van der Waals surface area contributed by atoms with Gasteiger partial charge < -0.3 is 15.4 Å². The second-order valence-electron chi connectivity index (χ2n) is 7.49. The molecule has 1 aromatic carbocycles. The molecule has 0 bridgehead atoms. The summed E-state index contributed by atoms with van der Waals surface area (Å²) in [6, 6.07) is 5.72. The first-order valence-corrected chi connectivity index (χ1v) is 15.1. The molecule has 1 heterocycles. The van der Waals surface area contributed by atoms with Crippen LogP contribution >= 0.6 is 0 Å². The second kappa shape index (κ2) is 14.6. The number of pyridine rings is 1. The zero-order valence-electron chi connectivity index (χ0n) is 20.8. The molecule has 3 N–H and O–H groups in total. The number of methoxy groups -OCH3 is 1. The third kappa shape index (κ3) is 8.36. The summed E-state index contributed by atoms with van der Waals surface area (Å²) in [6.07, 6.45) is 0.629. The molecule has 15 heteroatoms. The Balaban J connectivity index is 2.59. The first kappa shape index (κ1) is 30.9. The number of rotatable bonds is 15. The van der Waals surface area contributed by atoms with Crippen molar-refractivity contribution in [3.63, 3.8) is 0 Å². The van der Waals surface area contributed by atoms with E-state index in [0.29, 0.717) is 25.1 Å². The summed E-state index contributed by atoms with van der Waals surface area (Å²) >= 11 is 0. The van der Waals surface area contributed by atoms with Crippen LogP contribution in [-0.4, -0.2) is 58.9 Å². The molecule has 2 aromatic rings. The molecule has 0 saturated heterocycles. The predicted octanol–water partition coefficient (Wildman–Crippen LogP) is 3.93. The van der Waals surface area contributed by atoms with Crippen molar-refractivity contribution in [3.8, 4) is 6.07 Å². The number of nitrogens with zero attached hydrogens (tertiary/aromatic N) is 4. The lowest BCUT2D eigenvalue weighted by Crippen LogP contribution is -2.14. The lowest BCUT2D eigenvalue weighted by molar-refractivity contribution is 0.198. The number of hydrogen-bond acceptors (Lipinski definition) is 11. The number of anilines is 2. The minimum atomic E-state index is -4.74. The summed E-state index contributed by atoms with van der Waals surface area (Å²) in [7, 11) is -6.10. The summed E-state index contributed by atoms with van der Waals surface area (Å²) < 4.78 is 62.5. The number of hydrogen-bond donors (Lipinski definition) is 3. The van der Waals surface area contributed by atoms with Crippen LogP contribution in [0.4, 0.5) is 23.0 Å². The van der Waals surface area contributed by atoms with Crippen molar-refractivity contribution < 1.29 is 26.1 Å². The van der Waals surface area contributed by atoms with Gasteiger partial charge in [0.1, 0.15) is 28.2 Å². The van der Waals surface area contributed by atoms with Gasteiger partial charge >= 0.3 is 0 Å². The summed E-state index contributed by atoms with van der Waals surface area (Å²) in [6.45, 7) is 9.70. The molecule has 0 amide bonds. The van der Waals surface area contributed by atoms with E-state index in [0.717, 1.165) is 11.5 Å². The van der Waals surface area contributed by atoms with E-state index < -0.39 is 36.6 Å². The van der Waals surface area contributed by atoms with Gasteiger partial charge in [0.2, 0.25) is 0 Å². The highest BCUT2D eigenvalue weighted by molar-refractivity contribution is 7.88. The molecular weight excluding hydrogens is 552 g/mol. The molecule has 0 radical (unpaired) electrons. The average molecular weight is 581 g/mol. The van der Waals surface area contributed by atoms with Crippen molar-refractivity contribution >= 4 is 54.7 Å². The fraction of sp³-hybridized carbons (Fsp3) is 0.304. The van der Waals surface area contributed by atoms with Crippen molar-refractivity contribution in [2.45, 2.75) is 23.1 Å². The molecule has 2 unspecified atom stereocenters. The molecule has 0 aliphatic carbocycles. The molecule has 2 rings (SSSR count). The van der Waals surface area contributed by atoms with Crippen molar-refractivity contribution in [3.05, 3.63) is 53.3 Å². The quantitative estimate of drug-likeness (QED) is 0.158.